The van der Waals surface area contributed by atoms with Crippen LogP contribution in [0.2, 0.25) is 0 Å². The molecular formula is C15H15F3N4O2. The van der Waals surface area contributed by atoms with Crippen LogP contribution in [0.1, 0.15) is 27.3 Å². The van der Waals surface area contributed by atoms with Crippen molar-refractivity contribution in [2.24, 2.45) is 0 Å². The van der Waals surface area contributed by atoms with E-state index >= 15 is 0 Å². The molecule has 0 radical (unpaired) electrons. The van der Waals surface area contributed by atoms with Gasteiger partial charge in [0.1, 0.15) is 5.75 Å². The SMILES string of the molecule is O=C(NCc1ccc(OC(F)(F)F)cc1)c1n[nH]c2c1CCNC2. The van der Waals surface area contributed by atoms with Gasteiger partial charge in [-0.2, -0.15) is 5.10 Å². The number of fused-ring (bicyclic) bond motifs is 1. The first-order valence-corrected chi connectivity index (χ1v) is 7.32. The van der Waals surface area contributed by atoms with Crippen LogP contribution in [0.25, 0.3) is 0 Å². The van der Waals surface area contributed by atoms with Crippen LogP contribution in [-0.2, 0) is 19.5 Å². The zero-order valence-corrected chi connectivity index (χ0v) is 12.5. The molecule has 1 amide bonds. The molecule has 0 spiro atoms. The maximum Gasteiger partial charge on any atom is 0.573 e. The van der Waals surface area contributed by atoms with E-state index in [2.05, 4.69) is 25.6 Å². The molecular weight excluding hydrogens is 325 g/mol. The van der Waals surface area contributed by atoms with Gasteiger partial charge in [-0.15, -0.1) is 13.2 Å². The first kappa shape index (κ1) is 16.3. The van der Waals surface area contributed by atoms with E-state index in [9.17, 15) is 18.0 Å². The molecule has 3 N–H and O–H groups in total. The second-order valence-corrected chi connectivity index (χ2v) is 5.33. The highest BCUT2D eigenvalue weighted by Gasteiger charge is 2.31. The maximum atomic E-state index is 12.2. The highest BCUT2D eigenvalue weighted by Crippen LogP contribution is 2.22. The molecule has 2 aromatic rings. The fourth-order valence-electron chi connectivity index (χ4n) is 2.51. The third-order valence-corrected chi connectivity index (χ3v) is 3.63. The summed E-state index contributed by atoms with van der Waals surface area (Å²) < 4.78 is 40.1. The summed E-state index contributed by atoms with van der Waals surface area (Å²) in [6.07, 6.45) is -4.00. The monoisotopic (exact) mass is 340 g/mol. The average molecular weight is 340 g/mol. The zero-order valence-electron chi connectivity index (χ0n) is 12.5. The molecule has 1 aromatic heterocycles. The topological polar surface area (TPSA) is 79.0 Å². The Bertz CT molecular complexity index is 725. The van der Waals surface area contributed by atoms with E-state index in [1.165, 1.54) is 24.3 Å². The number of nitrogens with one attached hydrogen (secondary N) is 3. The van der Waals surface area contributed by atoms with Crippen LogP contribution in [-0.4, -0.2) is 29.0 Å². The predicted molar refractivity (Wildman–Crippen MR) is 78.3 cm³/mol. The fourth-order valence-corrected chi connectivity index (χ4v) is 2.51. The molecule has 1 aliphatic heterocycles. The number of aromatic amines is 1. The second-order valence-electron chi connectivity index (χ2n) is 5.33. The number of carbonyl (C=O) groups excluding carboxylic acids is 1. The molecule has 0 bridgehead atoms. The van der Waals surface area contributed by atoms with Crippen LogP contribution in [0.15, 0.2) is 24.3 Å². The first-order chi connectivity index (χ1) is 11.4. The summed E-state index contributed by atoms with van der Waals surface area (Å²) in [5, 5.41) is 12.8. The largest absolute Gasteiger partial charge is 0.573 e. The Morgan fingerprint density at radius 3 is 2.75 bits per heavy atom. The maximum absolute atomic E-state index is 12.2. The smallest absolute Gasteiger partial charge is 0.406 e. The quantitative estimate of drug-likeness (QED) is 0.794. The molecule has 3 rings (SSSR count). The zero-order chi connectivity index (χ0) is 17.2. The van der Waals surface area contributed by atoms with Gasteiger partial charge < -0.3 is 15.4 Å². The lowest BCUT2D eigenvalue weighted by Crippen LogP contribution is -2.27. The van der Waals surface area contributed by atoms with Crippen molar-refractivity contribution in [1.82, 2.24) is 20.8 Å². The number of alkyl halides is 3. The highest BCUT2D eigenvalue weighted by atomic mass is 19.4. The summed E-state index contributed by atoms with van der Waals surface area (Å²) in [6.45, 7) is 1.62. The molecule has 1 aliphatic rings. The van der Waals surface area contributed by atoms with Crippen LogP contribution in [0.4, 0.5) is 13.2 Å². The number of aromatic nitrogens is 2. The van der Waals surface area contributed by atoms with Crippen LogP contribution < -0.4 is 15.4 Å². The van der Waals surface area contributed by atoms with Crippen LogP contribution in [0, 0.1) is 0 Å². The van der Waals surface area contributed by atoms with Crippen molar-refractivity contribution < 1.29 is 22.7 Å². The Kier molecular flexibility index (Phi) is 4.43. The molecule has 0 atom stereocenters. The number of carbonyl (C=O) groups is 1. The van der Waals surface area contributed by atoms with Crippen LogP contribution >= 0.6 is 0 Å². The normalized spacial score (nSPS) is 14.1. The van der Waals surface area contributed by atoms with Crippen molar-refractivity contribution in [1.29, 1.82) is 0 Å². The molecule has 0 aliphatic carbocycles. The summed E-state index contributed by atoms with van der Waals surface area (Å²) in [6, 6.07) is 5.34. The van der Waals surface area contributed by atoms with E-state index in [1.54, 1.807) is 0 Å². The van der Waals surface area contributed by atoms with Gasteiger partial charge >= 0.3 is 6.36 Å². The molecule has 0 saturated heterocycles. The number of ether oxygens (including phenoxy) is 1. The van der Waals surface area contributed by atoms with E-state index < -0.39 is 6.36 Å². The van der Waals surface area contributed by atoms with Gasteiger partial charge in [0.15, 0.2) is 5.69 Å². The Labute approximate surface area is 135 Å². The first-order valence-electron chi connectivity index (χ1n) is 7.32. The molecule has 0 unspecified atom stereocenters. The molecule has 6 nitrogen and oxygen atoms in total. The number of amides is 1. The second kappa shape index (κ2) is 6.52. The van der Waals surface area contributed by atoms with Gasteiger partial charge in [0.25, 0.3) is 5.91 Å². The number of halogens is 3. The minimum absolute atomic E-state index is 0.186. The van der Waals surface area contributed by atoms with E-state index in [-0.39, 0.29) is 18.2 Å². The Balaban J connectivity index is 1.59. The third-order valence-electron chi connectivity index (χ3n) is 3.63. The van der Waals surface area contributed by atoms with Crippen LogP contribution in [0.3, 0.4) is 0 Å². The summed E-state index contributed by atoms with van der Waals surface area (Å²) >= 11 is 0. The lowest BCUT2D eigenvalue weighted by atomic mass is 10.1. The van der Waals surface area contributed by atoms with Crippen molar-refractivity contribution in [3.8, 4) is 5.75 Å². The molecule has 2 heterocycles. The summed E-state index contributed by atoms with van der Waals surface area (Å²) in [5.74, 6) is -0.614. The lowest BCUT2D eigenvalue weighted by molar-refractivity contribution is -0.274. The van der Waals surface area contributed by atoms with Crippen molar-refractivity contribution >= 4 is 5.91 Å². The minimum Gasteiger partial charge on any atom is -0.406 e. The molecule has 9 heteroatoms. The number of nitrogens with zero attached hydrogens (tertiary/aromatic N) is 1. The van der Waals surface area contributed by atoms with Crippen molar-refractivity contribution in [3.63, 3.8) is 0 Å². The molecule has 1 aromatic carbocycles. The van der Waals surface area contributed by atoms with E-state index in [4.69, 9.17) is 0 Å². The lowest BCUT2D eigenvalue weighted by Gasteiger charge is -2.13. The third kappa shape index (κ3) is 3.85. The van der Waals surface area contributed by atoms with Gasteiger partial charge in [-0.25, -0.2) is 0 Å². The average Bonchev–Trinajstić information content (AvgIpc) is 2.96. The van der Waals surface area contributed by atoms with Crippen molar-refractivity contribution in [3.05, 3.63) is 46.8 Å². The standard InChI is InChI=1S/C15H15F3N4O2/c16-15(17,18)24-10-3-1-9(2-4-10)7-20-14(23)13-11-5-6-19-8-12(11)21-22-13/h1-4,19H,5-8H2,(H,20,23)(H,21,22). The summed E-state index contributed by atoms with van der Waals surface area (Å²) in [5.41, 5.74) is 2.83. The van der Waals surface area contributed by atoms with Gasteiger partial charge in [-0.05, 0) is 30.7 Å². The summed E-state index contributed by atoms with van der Waals surface area (Å²) in [7, 11) is 0. The molecule has 24 heavy (non-hydrogen) atoms. The van der Waals surface area contributed by atoms with Gasteiger partial charge in [-0.1, -0.05) is 12.1 Å². The Morgan fingerprint density at radius 1 is 1.29 bits per heavy atom. The van der Waals surface area contributed by atoms with E-state index in [1.807, 2.05) is 0 Å². The minimum atomic E-state index is -4.72. The molecule has 128 valence electrons. The Hall–Kier alpha value is -2.55. The van der Waals surface area contributed by atoms with Crippen molar-refractivity contribution in [2.75, 3.05) is 6.54 Å². The van der Waals surface area contributed by atoms with E-state index in [0.717, 1.165) is 24.2 Å². The summed E-state index contributed by atoms with van der Waals surface area (Å²) in [4.78, 5) is 12.2. The van der Waals surface area contributed by atoms with E-state index in [0.29, 0.717) is 17.8 Å². The fraction of sp³-hybridized carbons (Fsp3) is 0.333. The molecule has 0 saturated carbocycles. The van der Waals surface area contributed by atoms with Gasteiger partial charge in [0, 0.05) is 18.7 Å². The molecule has 0 fully saturated rings. The van der Waals surface area contributed by atoms with Gasteiger partial charge in [-0.3, -0.25) is 9.89 Å². The van der Waals surface area contributed by atoms with Crippen LogP contribution in [0.5, 0.6) is 5.75 Å². The highest BCUT2D eigenvalue weighted by molar-refractivity contribution is 5.94. The number of hydrogen-bond donors (Lipinski definition) is 3. The number of rotatable bonds is 4. The Morgan fingerprint density at radius 2 is 2.04 bits per heavy atom. The van der Waals surface area contributed by atoms with Crippen molar-refractivity contribution in [2.45, 2.75) is 25.9 Å². The van der Waals surface area contributed by atoms with Gasteiger partial charge in [0.05, 0.1) is 5.69 Å². The predicted octanol–water partition coefficient (Wildman–Crippen LogP) is 1.88. The number of hydrogen-bond acceptors (Lipinski definition) is 4. The number of H-pyrrole nitrogens is 1. The van der Waals surface area contributed by atoms with Gasteiger partial charge in [0.2, 0.25) is 0 Å². The number of benzene rings is 1.